The maximum absolute atomic E-state index is 5.97. The molecular formula is C20H36N2O4. The molecule has 6 heteroatoms. The first-order valence-corrected chi connectivity index (χ1v) is 9.82. The third-order valence-corrected chi connectivity index (χ3v) is 4.97. The number of nitrogens with one attached hydrogen (secondary N) is 1. The molecule has 2 aliphatic rings. The molecule has 26 heavy (non-hydrogen) atoms. The van der Waals surface area contributed by atoms with Gasteiger partial charge in [-0.2, -0.15) is 0 Å². The molecular weight excluding hydrogens is 332 g/mol. The molecule has 1 saturated heterocycles. The fourth-order valence-electron chi connectivity index (χ4n) is 3.45. The number of ether oxygens (including phenoxy) is 4. The lowest BCUT2D eigenvalue weighted by Crippen LogP contribution is -2.43. The fraction of sp³-hybridized carbons (Fsp3) is 0.800. The summed E-state index contributed by atoms with van der Waals surface area (Å²) in [7, 11) is 3.74. The summed E-state index contributed by atoms with van der Waals surface area (Å²) in [6.45, 7) is 6.96. The van der Waals surface area contributed by atoms with Crippen molar-refractivity contribution < 1.29 is 18.9 Å². The van der Waals surface area contributed by atoms with Crippen LogP contribution >= 0.6 is 0 Å². The van der Waals surface area contributed by atoms with E-state index in [2.05, 4.69) is 41.6 Å². The minimum absolute atomic E-state index is 0.329. The van der Waals surface area contributed by atoms with E-state index < -0.39 is 0 Å². The van der Waals surface area contributed by atoms with E-state index in [1.165, 1.54) is 0 Å². The van der Waals surface area contributed by atoms with Crippen LogP contribution in [0.4, 0.5) is 0 Å². The van der Waals surface area contributed by atoms with E-state index >= 15 is 0 Å². The van der Waals surface area contributed by atoms with E-state index in [1.807, 2.05) is 0 Å². The van der Waals surface area contributed by atoms with Gasteiger partial charge >= 0.3 is 0 Å². The SMILES string of the molecule is CN[C@H](CN1CC[C@H](OCCOCCOCCOC)C1)C1C=CC=CC1. The minimum Gasteiger partial charge on any atom is -0.382 e. The van der Waals surface area contributed by atoms with Crippen LogP contribution in [0.1, 0.15) is 12.8 Å². The van der Waals surface area contributed by atoms with Gasteiger partial charge in [0.15, 0.2) is 0 Å². The molecule has 6 nitrogen and oxygen atoms in total. The van der Waals surface area contributed by atoms with Crippen molar-refractivity contribution in [3.8, 4) is 0 Å². The lowest BCUT2D eigenvalue weighted by Gasteiger charge is -2.29. The zero-order valence-corrected chi connectivity index (χ0v) is 16.4. The van der Waals surface area contributed by atoms with Crippen molar-refractivity contribution in [1.29, 1.82) is 0 Å². The van der Waals surface area contributed by atoms with E-state index in [9.17, 15) is 0 Å². The molecule has 1 aliphatic heterocycles. The summed E-state index contributed by atoms with van der Waals surface area (Å²) in [4.78, 5) is 2.52. The van der Waals surface area contributed by atoms with Gasteiger partial charge in [0.2, 0.25) is 0 Å². The van der Waals surface area contributed by atoms with Gasteiger partial charge in [-0.15, -0.1) is 0 Å². The lowest BCUT2D eigenvalue weighted by molar-refractivity contribution is -0.0137. The molecule has 2 rings (SSSR count). The molecule has 1 unspecified atom stereocenters. The van der Waals surface area contributed by atoms with E-state index in [1.54, 1.807) is 7.11 Å². The Morgan fingerprint density at radius 1 is 1.08 bits per heavy atom. The average molecular weight is 369 g/mol. The molecule has 0 aromatic carbocycles. The van der Waals surface area contributed by atoms with Gasteiger partial charge in [-0.3, -0.25) is 4.90 Å². The van der Waals surface area contributed by atoms with Crippen LogP contribution in [0.5, 0.6) is 0 Å². The number of nitrogens with zero attached hydrogens (tertiary/aromatic N) is 1. The Labute approximate surface area is 158 Å². The third kappa shape index (κ3) is 8.29. The number of allylic oxidation sites excluding steroid dienone is 3. The fourth-order valence-corrected chi connectivity index (χ4v) is 3.45. The van der Waals surface area contributed by atoms with Gasteiger partial charge in [0.25, 0.3) is 0 Å². The molecule has 3 atom stereocenters. The second-order valence-corrected chi connectivity index (χ2v) is 6.87. The molecule has 0 amide bonds. The first kappa shape index (κ1) is 21.5. The normalized spacial score (nSPS) is 24.4. The quantitative estimate of drug-likeness (QED) is 0.469. The van der Waals surface area contributed by atoms with Crippen LogP contribution < -0.4 is 5.32 Å². The molecule has 0 spiro atoms. The summed E-state index contributed by atoms with van der Waals surface area (Å²) < 4.78 is 21.8. The van der Waals surface area contributed by atoms with Crippen LogP contribution in [0.25, 0.3) is 0 Å². The van der Waals surface area contributed by atoms with E-state index in [-0.39, 0.29) is 0 Å². The second kappa shape index (κ2) is 13.4. The molecule has 1 heterocycles. The first-order valence-electron chi connectivity index (χ1n) is 9.82. The van der Waals surface area contributed by atoms with Crippen molar-refractivity contribution in [1.82, 2.24) is 10.2 Å². The summed E-state index contributed by atoms with van der Waals surface area (Å²) in [5, 5.41) is 3.49. The highest BCUT2D eigenvalue weighted by atomic mass is 16.6. The largest absolute Gasteiger partial charge is 0.382 e. The summed E-state index contributed by atoms with van der Waals surface area (Å²) in [5.74, 6) is 0.587. The van der Waals surface area contributed by atoms with Crippen molar-refractivity contribution in [3.63, 3.8) is 0 Å². The Morgan fingerprint density at radius 2 is 1.85 bits per heavy atom. The summed E-state index contributed by atoms with van der Waals surface area (Å²) in [5.41, 5.74) is 0. The van der Waals surface area contributed by atoms with E-state index in [4.69, 9.17) is 18.9 Å². The highest BCUT2D eigenvalue weighted by Gasteiger charge is 2.27. The summed E-state index contributed by atoms with van der Waals surface area (Å²) >= 11 is 0. The topological polar surface area (TPSA) is 52.2 Å². The molecule has 0 aromatic heterocycles. The molecule has 1 N–H and O–H groups in total. The molecule has 0 saturated carbocycles. The molecule has 0 aromatic rings. The van der Waals surface area contributed by atoms with Gasteiger partial charge in [-0.1, -0.05) is 24.3 Å². The first-order chi connectivity index (χ1) is 12.8. The van der Waals surface area contributed by atoms with Crippen LogP contribution in [0.3, 0.4) is 0 Å². The van der Waals surface area contributed by atoms with Crippen molar-refractivity contribution in [3.05, 3.63) is 24.3 Å². The number of likely N-dealkylation sites (tertiary alicyclic amines) is 1. The van der Waals surface area contributed by atoms with Gasteiger partial charge in [0.05, 0.1) is 45.7 Å². The average Bonchev–Trinajstić information content (AvgIpc) is 3.13. The van der Waals surface area contributed by atoms with Crippen molar-refractivity contribution in [2.75, 3.05) is 73.4 Å². The van der Waals surface area contributed by atoms with Gasteiger partial charge in [-0.05, 0) is 25.8 Å². The van der Waals surface area contributed by atoms with Crippen LogP contribution in [0, 0.1) is 5.92 Å². The monoisotopic (exact) mass is 368 g/mol. The summed E-state index contributed by atoms with van der Waals surface area (Å²) in [6.07, 6.45) is 11.4. The Kier molecular flexibility index (Phi) is 11.1. The van der Waals surface area contributed by atoms with Crippen LogP contribution in [-0.2, 0) is 18.9 Å². The number of methoxy groups -OCH3 is 1. The Hall–Kier alpha value is -0.760. The number of likely N-dealkylation sites (N-methyl/N-ethyl adjacent to an activating group) is 1. The lowest BCUT2D eigenvalue weighted by atomic mass is 9.92. The maximum atomic E-state index is 5.97. The van der Waals surface area contributed by atoms with Gasteiger partial charge < -0.3 is 24.3 Å². The van der Waals surface area contributed by atoms with Crippen molar-refractivity contribution in [2.45, 2.75) is 25.0 Å². The zero-order valence-electron chi connectivity index (χ0n) is 16.4. The third-order valence-electron chi connectivity index (χ3n) is 4.97. The Morgan fingerprint density at radius 3 is 2.54 bits per heavy atom. The highest BCUT2D eigenvalue weighted by molar-refractivity contribution is 5.13. The van der Waals surface area contributed by atoms with Crippen LogP contribution in [0.15, 0.2) is 24.3 Å². The second-order valence-electron chi connectivity index (χ2n) is 6.87. The Bertz CT molecular complexity index is 417. The van der Waals surface area contributed by atoms with E-state index in [0.717, 1.165) is 32.5 Å². The van der Waals surface area contributed by atoms with Gasteiger partial charge in [-0.25, -0.2) is 0 Å². The van der Waals surface area contributed by atoms with Crippen molar-refractivity contribution in [2.24, 2.45) is 5.92 Å². The molecule has 1 fully saturated rings. The molecule has 0 radical (unpaired) electrons. The van der Waals surface area contributed by atoms with Crippen LogP contribution in [0.2, 0.25) is 0 Å². The smallest absolute Gasteiger partial charge is 0.0715 e. The molecule has 150 valence electrons. The number of hydrogen-bond donors (Lipinski definition) is 1. The predicted molar refractivity (Wildman–Crippen MR) is 104 cm³/mol. The molecule has 1 aliphatic carbocycles. The highest BCUT2D eigenvalue weighted by Crippen LogP contribution is 2.19. The van der Waals surface area contributed by atoms with Crippen molar-refractivity contribution >= 4 is 0 Å². The molecule has 0 bridgehead atoms. The number of hydrogen-bond acceptors (Lipinski definition) is 6. The zero-order chi connectivity index (χ0) is 18.5. The minimum atomic E-state index is 0.329. The van der Waals surface area contributed by atoms with Gasteiger partial charge in [0, 0.05) is 32.8 Å². The van der Waals surface area contributed by atoms with E-state index in [0.29, 0.717) is 57.7 Å². The maximum Gasteiger partial charge on any atom is 0.0715 e. The predicted octanol–water partition coefficient (Wildman–Crippen LogP) is 1.48. The van der Waals surface area contributed by atoms with Crippen LogP contribution in [-0.4, -0.2) is 90.5 Å². The number of rotatable bonds is 14. The standard InChI is InChI=1S/C20H36N2O4/c1-21-20(18-6-4-3-5-7-18)17-22-9-8-19(16-22)26-15-14-25-13-12-24-11-10-23-2/h3-6,18-21H,7-17H2,1-2H3/t18?,19-,20+/m0/s1. The van der Waals surface area contributed by atoms with Gasteiger partial charge in [0.1, 0.15) is 0 Å². The summed E-state index contributed by atoms with van der Waals surface area (Å²) in [6, 6.07) is 0.497. The Balaban J connectivity index is 1.50.